The molecule has 3 nitrogen and oxygen atoms in total. The fourth-order valence-electron chi connectivity index (χ4n) is 3.18. The second-order valence-electron chi connectivity index (χ2n) is 6.13. The molecule has 1 aromatic rings. The maximum atomic E-state index is 11.3. The van der Waals surface area contributed by atoms with Crippen LogP contribution in [0.15, 0.2) is 24.3 Å². The Hall–Kier alpha value is -1.06. The zero-order chi connectivity index (χ0) is 15.2. The number of carboxylic acid groups (broad SMARTS) is 1. The SMILES string of the molecule is CC(Cc1ccc(Cl)cc1)NCC1CCCCC1C(=O)O. The van der Waals surface area contributed by atoms with E-state index in [1.165, 1.54) is 5.56 Å². The maximum absolute atomic E-state index is 11.3. The molecule has 0 aliphatic heterocycles. The van der Waals surface area contributed by atoms with Crippen LogP contribution < -0.4 is 5.32 Å². The number of nitrogens with one attached hydrogen (secondary N) is 1. The zero-order valence-corrected chi connectivity index (χ0v) is 13.3. The van der Waals surface area contributed by atoms with Crippen LogP contribution in [0, 0.1) is 11.8 Å². The average molecular weight is 310 g/mol. The molecule has 1 saturated carbocycles. The highest BCUT2D eigenvalue weighted by Crippen LogP contribution is 2.29. The van der Waals surface area contributed by atoms with E-state index in [0.29, 0.717) is 6.04 Å². The first-order valence-corrected chi connectivity index (χ1v) is 8.14. The van der Waals surface area contributed by atoms with Crippen molar-refractivity contribution in [3.8, 4) is 0 Å². The Bertz CT molecular complexity index is 460. The Morgan fingerprint density at radius 2 is 2.00 bits per heavy atom. The van der Waals surface area contributed by atoms with E-state index in [1.54, 1.807) is 0 Å². The monoisotopic (exact) mass is 309 g/mol. The Morgan fingerprint density at radius 3 is 2.67 bits per heavy atom. The van der Waals surface area contributed by atoms with E-state index in [0.717, 1.165) is 43.7 Å². The van der Waals surface area contributed by atoms with Crippen molar-refractivity contribution in [1.82, 2.24) is 5.32 Å². The number of hydrogen-bond acceptors (Lipinski definition) is 2. The molecule has 0 bridgehead atoms. The van der Waals surface area contributed by atoms with Gasteiger partial charge in [-0.1, -0.05) is 36.6 Å². The second-order valence-corrected chi connectivity index (χ2v) is 6.57. The number of aliphatic carboxylic acids is 1. The first-order valence-electron chi connectivity index (χ1n) is 7.77. The first kappa shape index (κ1) is 16.3. The number of carboxylic acids is 1. The molecule has 4 heteroatoms. The van der Waals surface area contributed by atoms with Crippen LogP contribution in [0.2, 0.25) is 5.02 Å². The fraction of sp³-hybridized carbons (Fsp3) is 0.588. The van der Waals surface area contributed by atoms with E-state index >= 15 is 0 Å². The van der Waals surface area contributed by atoms with Crippen molar-refractivity contribution in [2.24, 2.45) is 11.8 Å². The van der Waals surface area contributed by atoms with E-state index in [9.17, 15) is 9.90 Å². The summed E-state index contributed by atoms with van der Waals surface area (Å²) < 4.78 is 0. The molecule has 0 aromatic heterocycles. The van der Waals surface area contributed by atoms with Crippen LogP contribution in [0.5, 0.6) is 0 Å². The lowest BCUT2D eigenvalue weighted by atomic mass is 9.79. The first-order chi connectivity index (χ1) is 10.1. The molecule has 1 aliphatic carbocycles. The number of halogens is 1. The molecule has 116 valence electrons. The average Bonchev–Trinajstić information content (AvgIpc) is 2.48. The van der Waals surface area contributed by atoms with Gasteiger partial charge in [-0.05, 0) is 56.3 Å². The van der Waals surface area contributed by atoms with Gasteiger partial charge in [-0.2, -0.15) is 0 Å². The summed E-state index contributed by atoms with van der Waals surface area (Å²) in [6.07, 6.45) is 4.99. The Labute approximate surface area is 131 Å². The van der Waals surface area contributed by atoms with Crippen LogP contribution >= 0.6 is 11.6 Å². The molecule has 1 fully saturated rings. The molecule has 1 aliphatic rings. The second kappa shape index (κ2) is 7.81. The summed E-state index contributed by atoms with van der Waals surface area (Å²) >= 11 is 5.89. The lowest BCUT2D eigenvalue weighted by Gasteiger charge is -2.29. The van der Waals surface area contributed by atoms with E-state index in [1.807, 2.05) is 24.3 Å². The standard InChI is InChI=1S/C17H24ClNO2/c1-12(10-13-6-8-15(18)9-7-13)19-11-14-4-2-3-5-16(14)17(20)21/h6-9,12,14,16,19H,2-5,10-11H2,1H3,(H,20,21). The summed E-state index contributed by atoms with van der Waals surface area (Å²) in [7, 11) is 0. The van der Waals surface area contributed by atoms with Gasteiger partial charge >= 0.3 is 5.97 Å². The minimum atomic E-state index is -0.633. The van der Waals surface area contributed by atoms with Crippen LogP contribution in [-0.2, 0) is 11.2 Å². The van der Waals surface area contributed by atoms with Gasteiger partial charge in [0.15, 0.2) is 0 Å². The molecular weight excluding hydrogens is 286 g/mol. The molecule has 0 heterocycles. The van der Waals surface area contributed by atoms with E-state index < -0.39 is 5.97 Å². The van der Waals surface area contributed by atoms with Crippen molar-refractivity contribution in [3.05, 3.63) is 34.9 Å². The molecular formula is C17H24ClNO2. The minimum absolute atomic E-state index is 0.172. The molecule has 2 N–H and O–H groups in total. The summed E-state index contributed by atoms with van der Waals surface area (Å²) in [5.74, 6) is -0.537. The van der Waals surface area contributed by atoms with Gasteiger partial charge in [0, 0.05) is 11.1 Å². The summed E-state index contributed by atoms with van der Waals surface area (Å²) in [6, 6.07) is 8.24. The van der Waals surface area contributed by atoms with Crippen LogP contribution in [0.4, 0.5) is 0 Å². The highest BCUT2D eigenvalue weighted by atomic mass is 35.5. The lowest BCUT2D eigenvalue weighted by Crippen LogP contribution is -2.38. The molecule has 1 aromatic carbocycles. The summed E-state index contributed by atoms with van der Waals surface area (Å²) in [6.45, 7) is 2.94. The third-order valence-corrected chi connectivity index (χ3v) is 4.66. The Balaban J connectivity index is 1.81. The normalized spacial score (nSPS) is 23.7. The van der Waals surface area contributed by atoms with Crippen molar-refractivity contribution >= 4 is 17.6 Å². The van der Waals surface area contributed by atoms with E-state index in [2.05, 4.69) is 12.2 Å². The molecule has 0 radical (unpaired) electrons. The lowest BCUT2D eigenvalue weighted by molar-refractivity contribution is -0.144. The number of carbonyl (C=O) groups is 1. The van der Waals surface area contributed by atoms with Gasteiger partial charge in [0.2, 0.25) is 0 Å². The van der Waals surface area contributed by atoms with Gasteiger partial charge in [-0.25, -0.2) is 0 Å². The molecule has 0 amide bonds. The van der Waals surface area contributed by atoms with Crippen LogP contribution in [0.25, 0.3) is 0 Å². The van der Waals surface area contributed by atoms with Crippen molar-refractivity contribution in [2.75, 3.05) is 6.54 Å². The number of rotatable bonds is 6. The summed E-state index contributed by atoms with van der Waals surface area (Å²) in [5, 5.41) is 13.6. The third kappa shape index (κ3) is 5.01. The van der Waals surface area contributed by atoms with E-state index in [4.69, 9.17) is 11.6 Å². The van der Waals surface area contributed by atoms with Crippen molar-refractivity contribution in [3.63, 3.8) is 0 Å². The predicted molar refractivity (Wildman–Crippen MR) is 85.7 cm³/mol. The Morgan fingerprint density at radius 1 is 1.33 bits per heavy atom. The van der Waals surface area contributed by atoms with Gasteiger partial charge in [0.1, 0.15) is 0 Å². The minimum Gasteiger partial charge on any atom is -0.481 e. The zero-order valence-electron chi connectivity index (χ0n) is 12.5. The number of hydrogen-bond donors (Lipinski definition) is 2. The smallest absolute Gasteiger partial charge is 0.306 e. The van der Waals surface area contributed by atoms with Crippen LogP contribution in [0.3, 0.4) is 0 Å². The molecule has 3 unspecified atom stereocenters. The van der Waals surface area contributed by atoms with Crippen LogP contribution in [0.1, 0.15) is 38.2 Å². The maximum Gasteiger partial charge on any atom is 0.306 e. The summed E-state index contributed by atoms with van der Waals surface area (Å²) in [5.41, 5.74) is 1.25. The van der Waals surface area contributed by atoms with E-state index in [-0.39, 0.29) is 11.8 Å². The highest BCUT2D eigenvalue weighted by molar-refractivity contribution is 6.30. The van der Waals surface area contributed by atoms with Gasteiger partial charge in [-0.15, -0.1) is 0 Å². The van der Waals surface area contributed by atoms with Gasteiger partial charge in [-0.3, -0.25) is 4.79 Å². The predicted octanol–water partition coefficient (Wildman–Crippen LogP) is 3.75. The van der Waals surface area contributed by atoms with Gasteiger partial charge < -0.3 is 10.4 Å². The largest absolute Gasteiger partial charge is 0.481 e. The van der Waals surface area contributed by atoms with Crippen LogP contribution in [-0.4, -0.2) is 23.7 Å². The molecule has 3 atom stereocenters. The molecule has 21 heavy (non-hydrogen) atoms. The number of benzene rings is 1. The third-order valence-electron chi connectivity index (χ3n) is 4.41. The topological polar surface area (TPSA) is 49.3 Å². The summed E-state index contributed by atoms with van der Waals surface area (Å²) in [4.78, 5) is 11.3. The Kier molecular flexibility index (Phi) is 6.07. The van der Waals surface area contributed by atoms with Crippen molar-refractivity contribution in [2.45, 2.75) is 45.1 Å². The van der Waals surface area contributed by atoms with Gasteiger partial charge in [0.05, 0.1) is 5.92 Å². The fourth-order valence-corrected chi connectivity index (χ4v) is 3.30. The van der Waals surface area contributed by atoms with Crippen molar-refractivity contribution in [1.29, 1.82) is 0 Å². The molecule has 2 rings (SSSR count). The quantitative estimate of drug-likeness (QED) is 0.841. The molecule has 0 spiro atoms. The molecule has 0 saturated heterocycles. The highest BCUT2D eigenvalue weighted by Gasteiger charge is 2.30. The van der Waals surface area contributed by atoms with Crippen molar-refractivity contribution < 1.29 is 9.90 Å². The van der Waals surface area contributed by atoms with Gasteiger partial charge in [0.25, 0.3) is 0 Å².